The summed E-state index contributed by atoms with van der Waals surface area (Å²) in [6.07, 6.45) is 5.12. The molecule has 0 aromatic carbocycles. The highest BCUT2D eigenvalue weighted by molar-refractivity contribution is 6.11. The van der Waals surface area contributed by atoms with Gasteiger partial charge in [0.05, 0.1) is 29.8 Å². The standard InChI is InChI=1S/C17H20N8O2.C6H6N2O4/c1-22(2)17-20-13-6-5-11(10-25(13)21-17)19-15(26)14-12(9-18-23(14)3)16(27)24-7-4-8-24;1-8-4(6(11)12)3(2-7-8)5(9)10/h5-6,9-10H,4,7-8H2,1-3H3,(H,19,26);2H,1H3,(H,9,10)(H,11,12). The zero-order valence-electron chi connectivity index (χ0n) is 21.6. The second-order valence-electron chi connectivity index (χ2n) is 8.80. The average Bonchev–Trinajstić information content (AvgIpc) is 3.54. The maximum Gasteiger partial charge on any atom is 0.355 e. The van der Waals surface area contributed by atoms with Crippen LogP contribution in [0.4, 0.5) is 11.6 Å². The fourth-order valence-corrected chi connectivity index (χ4v) is 3.73. The summed E-state index contributed by atoms with van der Waals surface area (Å²) in [5.74, 6) is -2.58. The van der Waals surface area contributed by atoms with E-state index in [1.165, 1.54) is 17.9 Å². The van der Waals surface area contributed by atoms with Crippen LogP contribution in [0.25, 0.3) is 5.65 Å². The number of nitrogens with one attached hydrogen (secondary N) is 1. The molecular weight excluding hydrogens is 512 g/mol. The van der Waals surface area contributed by atoms with Crippen LogP contribution in [0.2, 0.25) is 0 Å². The predicted molar refractivity (Wildman–Crippen MR) is 136 cm³/mol. The molecule has 204 valence electrons. The van der Waals surface area contributed by atoms with Crippen LogP contribution in [-0.2, 0) is 14.1 Å². The number of likely N-dealkylation sites (tertiary alicyclic amines) is 1. The summed E-state index contributed by atoms with van der Waals surface area (Å²) >= 11 is 0. The molecule has 1 saturated heterocycles. The van der Waals surface area contributed by atoms with E-state index in [-0.39, 0.29) is 22.9 Å². The van der Waals surface area contributed by atoms with Crippen molar-refractivity contribution >= 4 is 41.0 Å². The van der Waals surface area contributed by atoms with E-state index < -0.39 is 17.8 Å². The lowest BCUT2D eigenvalue weighted by Gasteiger charge is -2.30. The molecule has 16 nitrogen and oxygen atoms in total. The summed E-state index contributed by atoms with van der Waals surface area (Å²) in [5.41, 5.74) is 1.15. The minimum atomic E-state index is -1.30. The number of carboxylic acids is 2. The molecule has 4 aromatic heterocycles. The van der Waals surface area contributed by atoms with Crippen LogP contribution in [0.15, 0.2) is 30.7 Å². The van der Waals surface area contributed by atoms with Crippen LogP contribution in [0.1, 0.15) is 48.1 Å². The first kappa shape index (κ1) is 26.8. The molecule has 0 atom stereocenters. The molecule has 1 aliphatic heterocycles. The molecule has 4 aromatic rings. The van der Waals surface area contributed by atoms with Crippen molar-refractivity contribution in [2.45, 2.75) is 6.42 Å². The van der Waals surface area contributed by atoms with E-state index in [2.05, 4.69) is 25.6 Å². The van der Waals surface area contributed by atoms with Crippen LogP contribution < -0.4 is 10.2 Å². The van der Waals surface area contributed by atoms with E-state index in [4.69, 9.17) is 10.2 Å². The first-order chi connectivity index (χ1) is 18.5. The van der Waals surface area contributed by atoms with Crippen LogP contribution in [0, 0.1) is 0 Å². The monoisotopic (exact) mass is 538 g/mol. The number of nitrogens with zero attached hydrogens (tertiary/aromatic N) is 9. The summed E-state index contributed by atoms with van der Waals surface area (Å²) in [5, 5.41) is 31.8. The smallest absolute Gasteiger partial charge is 0.355 e. The maximum atomic E-state index is 12.8. The SMILES string of the molecule is CN(C)c1nc2ccc(NC(=O)c3c(C(=O)N4CCC4)cnn3C)cn2n1.Cn1ncc(C(=O)O)c1C(=O)O. The molecule has 0 unspecified atom stereocenters. The molecular formula is C23H26N10O6. The number of hydrogen-bond acceptors (Lipinski definition) is 9. The molecule has 2 amide bonds. The van der Waals surface area contributed by atoms with E-state index in [9.17, 15) is 19.2 Å². The third kappa shape index (κ3) is 5.39. The molecule has 39 heavy (non-hydrogen) atoms. The predicted octanol–water partition coefficient (Wildman–Crippen LogP) is 0.444. The number of carboxylic acid groups (broad SMARTS) is 2. The number of carbonyl (C=O) groups is 4. The maximum absolute atomic E-state index is 12.8. The van der Waals surface area contributed by atoms with Gasteiger partial charge in [0.1, 0.15) is 11.3 Å². The van der Waals surface area contributed by atoms with Gasteiger partial charge in [-0.1, -0.05) is 0 Å². The number of amides is 2. The Morgan fingerprint density at radius 1 is 0.923 bits per heavy atom. The third-order valence-electron chi connectivity index (χ3n) is 5.88. The van der Waals surface area contributed by atoms with E-state index >= 15 is 0 Å². The Kier molecular flexibility index (Phi) is 7.28. The number of hydrogen-bond donors (Lipinski definition) is 3. The summed E-state index contributed by atoms with van der Waals surface area (Å²) in [4.78, 5) is 54.1. The highest BCUT2D eigenvalue weighted by atomic mass is 16.4. The summed E-state index contributed by atoms with van der Waals surface area (Å²) < 4.78 is 4.02. The molecule has 3 N–H and O–H groups in total. The lowest BCUT2D eigenvalue weighted by molar-refractivity contribution is 0.0644. The lowest BCUT2D eigenvalue weighted by atomic mass is 10.1. The molecule has 0 aliphatic carbocycles. The quantitative estimate of drug-likeness (QED) is 0.308. The Hall–Kier alpha value is -5.28. The number of aromatic carboxylic acids is 2. The van der Waals surface area contributed by atoms with Crippen LogP contribution in [0.3, 0.4) is 0 Å². The number of anilines is 2. The Labute approximate surface area is 221 Å². The number of carbonyl (C=O) groups excluding carboxylic acids is 2. The zero-order valence-corrected chi connectivity index (χ0v) is 21.6. The summed E-state index contributed by atoms with van der Waals surface area (Å²) in [7, 11) is 6.73. The van der Waals surface area contributed by atoms with Gasteiger partial charge in [-0.15, -0.1) is 5.10 Å². The van der Waals surface area contributed by atoms with E-state index in [0.717, 1.165) is 17.3 Å². The van der Waals surface area contributed by atoms with E-state index in [1.54, 1.807) is 39.7 Å². The van der Waals surface area contributed by atoms with Gasteiger partial charge in [0.25, 0.3) is 11.8 Å². The number of rotatable bonds is 6. The van der Waals surface area contributed by atoms with Crippen molar-refractivity contribution in [1.29, 1.82) is 0 Å². The topological polar surface area (TPSA) is 193 Å². The van der Waals surface area contributed by atoms with Gasteiger partial charge in [-0.2, -0.15) is 15.2 Å². The van der Waals surface area contributed by atoms with Crippen LogP contribution in [-0.4, -0.2) is 100 Å². The van der Waals surface area contributed by atoms with E-state index in [0.29, 0.717) is 35.9 Å². The van der Waals surface area contributed by atoms with Gasteiger partial charge < -0.3 is 25.3 Å². The number of pyridine rings is 1. The zero-order chi connectivity index (χ0) is 28.4. The Balaban J connectivity index is 0.000000247. The fourth-order valence-electron chi connectivity index (χ4n) is 3.73. The second-order valence-corrected chi connectivity index (χ2v) is 8.80. The van der Waals surface area contributed by atoms with Gasteiger partial charge in [0.15, 0.2) is 11.3 Å². The minimum absolute atomic E-state index is 0.165. The average molecular weight is 539 g/mol. The second kappa shape index (κ2) is 10.6. The number of aryl methyl sites for hydroxylation is 2. The van der Waals surface area contributed by atoms with Gasteiger partial charge in [-0.05, 0) is 18.6 Å². The Morgan fingerprint density at radius 3 is 2.10 bits per heavy atom. The minimum Gasteiger partial charge on any atom is -0.478 e. The largest absolute Gasteiger partial charge is 0.478 e. The molecule has 0 radical (unpaired) electrons. The van der Waals surface area contributed by atoms with E-state index in [1.807, 2.05) is 14.1 Å². The van der Waals surface area contributed by atoms with Gasteiger partial charge >= 0.3 is 11.9 Å². The molecule has 1 fully saturated rings. The number of aromatic nitrogens is 7. The van der Waals surface area contributed by atoms with Crippen molar-refractivity contribution in [2.24, 2.45) is 14.1 Å². The molecule has 1 aliphatic rings. The fraction of sp³-hybridized carbons (Fsp3) is 0.304. The van der Waals surface area contributed by atoms with Crippen molar-refractivity contribution in [3.63, 3.8) is 0 Å². The van der Waals surface area contributed by atoms with Crippen molar-refractivity contribution in [1.82, 2.24) is 39.1 Å². The normalized spacial score (nSPS) is 12.4. The summed E-state index contributed by atoms with van der Waals surface area (Å²) in [6.45, 7) is 1.43. The molecule has 5 heterocycles. The lowest BCUT2D eigenvalue weighted by Crippen LogP contribution is -2.42. The molecule has 5 rings (SSSR count). The van der Waals surface area contributed by atoms with Crippen molar-refractivity contribution < 1.29 is 29.4 Å². The Morgan fingerprint density at radius 2 is 1.56 bits per heavy atom. The molecule has 0 spiro atoms. The van der Waals surface area contributed by atoms with Crippen molar-refractivity contribution in [2.75, 3.05) is 37.4 Å². The molecule has 16 heteroatoms. The van der Waals surface area contributed by atoms with Crippen molar-refractivity contribution in [3.05, 3.63) is 53.2 Å². The van der Waals surface area contributed by atoms with Gasteiger partial charge in [0, 0.05) is 41.3 Å². The Bertz CT molecular complexity index is 1580. The molecule has 0 saturated carbocycles. The summed E-state index contributed by atoms with van der Waals surface area (Å²) in [6, 6.07) is 3.51. The number of fused-ring (bicyclic) bond motifs is 1. The molecule has 0 bridgehead atoms. The van der Waals surface area contributed by atoms with Gasteiger partial charge in [0.2, 0.25) is 5.95 Å². The highest BCUT2D eigenvalue weighted by Crippen LogP contribution is 2.18. The third-order valence-corrected chi connectivity index (χ3v) is 5.88. The highest BCUT2D eigenvalue weighted by Gasteiger charge is 2.28. The first-order valence-corrected chi connectivity index (χ1v) is 11.6. The van der Waals surface area contributed by atoms with Gasteiger partial charge in [-0.3, -0.25) is 19.0 Å². The first-order valence-electron chi connectivity index (χ1n) is 11.6. The van der Waals surface area contributed by atoms with Crippen LogP contribution in [0.5, 0.6) is 0 Å². The van der Waals surface area contributed by atoms with Gasteiger partial charge in [-0.25, -0.2) is 14.1 Å². The van der Waals surface area contributed by atoms with Crippen LogP contribution >= 0.6 is 0 Å². The van der Waals surface area contributed by atoms with Crippen molar-refractivity contribution in [3.8, 4) is 0 Å².